The van der Waals surface area contributed by atoms with Gasteiger partial charge in [-0.2, -0.15) is 0 Å². The van der Waals surface area contributed by atoms with Crippen LogP contribution < -0.4 is 15.2 Å². The fourth-order valence-corrected chi connectivity index (χ4v) is 4.48. The van der Waals surface area contributed by atoms with E-state index in [0.29, 0.717) is 5.56 Å². The average molecular weight is 489 g/mol. The van der Waals surface area contributed by atoms with Crippen molar-refractivity contribution in [3.05, 3.63) is 70.0 Å². The lowest BCUT2D eigenvalue weighted by atomic mass is 10.0. The Balaban J connectivity index is 1.65. The summed E-state index contributed by atoms with van der Waals surface area (Å²) in [6, 6.07) is 14.9. The highest BCUT2D eigenvalue weighted by molar-refractivity contribution is 7.46. The van der Waals surface area contributed by atoms with E-state index in [0.717, 1.165) is 21.1 Å². The quantitative estimate of drug-likeness (QED) is 0.339. The number of carbonyl (C=O) groups excluding carboxylic acids is 2. The highest BCUT2D eigenvalue weighted by Gasteiger charge is 2.21. The molecular weight excluding hydrogens is 465 g/mol. The summed E-state index contributed by atoms with van der Waals surface area (Å²) in [5.74, 6) is -0.719. The van der Waals surface area contributed by atoms with Crippen LogP contribution in [0.1, 0.15) is 22.4 Å². The Bertz CT molecular complexity index is 1160. The van der Waals surface area contributed by atoms with E-state index in [2.05, 4.69) is 20.1 Å². The normalized spacial score (nSPS) is 12.1. The number of phosphoric ester groups is 1. The van der Waals surface area contributed by atoms with Crippen LogP contribution in [-0.4, -0.2) is 32.6 Å². The van der Waals surface area contributed by atoms with E-state index in [4.69, 9.17) is 9.79 Å². The van der Waals surface area contributed by atoms with Gasteiger partial charge in [-0.3, -0.25) is 19.4 Å². The minimum absolute atomic E-state index is 0.000900. The zero-order valence-electron chi connectivity index (χ0n) is 18.0. The predicted molar refractivity (Wildman–Crippen MR) is 125 cm³/mol. The number of phosphoric acid groups is 1. The molecule has 1 heterocycles. The number of benzene rings is 2. The van der Waals surface area contributed by atoms with Crippen molar-refractivity contribution < 1.29 is 28.5 Å². The van der Waals surface area contributed by atoms with Crippen LogP contribution in [0.3, 0.4) is 0 Å². The molecular formula is C22H24N3O6PS. The second-order valence-electron chi connectivity index (χ2n) is 7.28. The summed E-state index contributed by atoms with van der Waals surface area (Å²) >= 11 is 1.50. The Morgan fingerprint density at radius 2 is 1.79 bits per heavy atom. The lowest BCUT2D eigenvalue weighted by molar-refractivity contribution is -0.128. The average Bonchev–Trinajstić information content (AvgIpc) is 3.12. The molecule has 0 saturated heterocycles. The maximum absolute atomic E-state index is 12.8. The number of aryl methyl sites for hydroxylation is 1. The molecule has 1 unspecified atom stereocenters. The first-order chi connectivity index (χ1) is 15.6. The second-order valence-corrected chi connectivity index (χ2v) is 9.73. The molecule has 3 aromatic rings. The highest BCUT2D eigenvalue weighted by atomic mass is 32.1. The molecule has 0 saturated carbocycles. The Kier molecular flexibility index (Phi) is 7.99. The molecule has 0 bridgehead atoms. The fourth-order valence-electron chi connectivity index (χ4n) is 3.19. The first-order valence-electron chi connectivity index (χ1n) is 10.0. The standard InChI is InChI=1S/C22H24N3O6PS/c1-14-21(17-6-4-3-5-7-17)25-20(33-14)13-23-22(27)19(24-15(2)26)12-16-8-10-18(11-9-16)31-32(28,29)30/h3-11,19H,12-13H2,1-2H3,(H,23,27)(H,24,26)(H2,28,29,30). The molecule has 4 N–H and O–H groups in total. The zero-order chi connectivity index (χ0) is 24.0. The number of hydrogen-bond acceptors (Lipinski definition) is 6. The third-order valence-corrected chi connectivity index (χ3v) is 6.00. The SMILES string of the molecule is CC(=O)NC(Cc1ccc(OP(=O)(O)O)cc1)C(=O)NCc1nc(-c2ccccc2)c(C)s1. The topological polar surface area (TPSA) is 138 Å². The van der Waals surface area contributed by atoms with Crippen LogP contribution in [0.25, 0.3) is 11.3 Å². The van der Waals surface area contributed by atoms with E-state index in [1.807, 2.05) is 37.3 Å². The van der Waals surface area contributed by atoms with Gasteiger partial charge in [-0.25, -0.2) is 9.55 Å². The molecule has 0 aliphatic carbocycles. The maximum atomic E-state index is 12.8. The summed E-state index contributed by atoms with van der Waals surface area (Å²) < 4.78 is 15.5. The van der Waals surface area contributed by atoms with Gasteiger partial charge in [-0.15, -0.1) is 11.3 Å². The highest BCUT2D eigenvalue weighted by Crippen LogP contribution is 2.37. The molecule has 1 atom stereocenters. The molecule has 0 spiro atoms. The molecule has 11 heteroatoms. The van der Waals surface area contributed by atoms with Crippen LogP contribution in [0.15, 0.2) is 54.6 Å². The summed E-state index contributed by atoms with van der Waals surface area (Å²) in [5.41, 5.74) is 2.56. The number of nitrogens with one attached hydrogen (secondary N) is 2. The van der Waals surface area contributed by atoms with E-state index in [1.54, 1.807) is 12.1 Å². The molecule has 33 heavy (non-hydrogen) atoms. The summed E-state index contributed by atoms with van der Waals surface area (Å²) in [5, 5.41) is 6.21. The number of rotatable bonds is 9. The molecule has 0 aliphatic heterocycles. The van der Waals surface area contributed by atoms with Crippen LogP contribution in [0.2, 0.25) is 0 Å². The number of nitrogens with zero attached hydrogens (tertiary/aromatic N) is 1. The van der Waals surface area contributed by atoms with E-state index >= 15 is 0 Å². The van der Waals surface area contributed by atoms with Gasteiger partial charge in [0.15, 0.2) is 0 Å². The number of carbonyl (C=O) groups is 2. The van der Waals surface area contributed by atoms with E-state index < -0.39 is 13.9 Å². The molecule has 9 nitrogen and oxygen atoms in total. The molecule has 0 fully saturated rings. The van der Waals surface area contributed by atoms with Crippen LogP contribution in [-0.2, 0) is 27.1 Å². The third kappa shape index (κ3) is 7.50. The largest absolute Gasteiger partial charge is 0.524 e. The van der Waals surface area contributed by atoms with Crippen molar-refractivity contribution in [3.8, 4) is 17.0 Å². The summed E-state index contributed by atoms with van der Waals surface area (Å²) in [6.07, 6.45) is 0.188. The molecule has 1 aromatic heterocycles. The van der Waals surface area contributed by atoms with E-state index in [1.165, 1.54) is 30.4 Å². The van der Waals surface area contributed by atoms with Crippen molar-refractivity contribution in [2.24, 2.45) is 0 Å². The van der Waals surface area contributed by atoms with Crippen molar-refractivity contribution >= 4 is 31.0 Å². The van der Waals surface area contributed by atoms with Crippen molar-refractivity contribution in [3.63, 3.8) is 0 Å². The number of thiazole rings is 1. The van der Waals surface area contributed by atoms with Gasteiger partial charge in [-0.05, 0) is 24.6 Å². The monoisotopic (exact) mass is 489 g/mol. The van der Waals surface area contributed by atoms with Gasteiger partial charge >= 0.3 is 7.82 Å². The third-order valence-electron chi connectivity index (χ3n) is 4.58. The van der Waals surface area contributed by atoms with Gasteiger partial charge < -0.3 is 15.2 Å². The first-order valence-corrected chi connectivity index (χ1v) is 12.4. The predicted octanol–water partition coefficient (Wildman–Crippen LogP) is 2.95. The molecule has 3 rings (SSSR count). The number of aromatic nitrogens is 1. The number of amides is 2. The maximum Gasteiger partial charge on any atom is 0.524 e. The van der Waals surface area contributed by atoms with E-state index in [-0.39, 0.29) is 30.5 Å². The van der Waals surface area contributed by atoms with E-state index in [9.17, 15) is 14.2 Å². The van der Waals surface area contributed by atoms with Gasteiger partial charge in [0, 0.05) is 23.8 Å². The van der Waals surface area contributed by atoms with Crippen LogP contribution >= 0.6 is 19.2 Å². The van der Waals surface area contributed by atoms with Crippen LogP contribution in [0.4, 0.5) is 0 Å². The van der Waals surface area contributed by atoms with Crippen LogP contribution in [0.5, 0.6) is 5.75 Å². The molecule has 0 aliphatic rings. The zero-order valence-corrected chi connectivity index (χ0v) is 19.7. The smallest absolute Gasteiger partial charge is 0.404 e. The minimum atomic E-state index is -4.65. The minimum Gasteiger partial charge on any atom is -0.404 e. The summed E-state index contributed by atoms with van der Waals surface area (Å²) in [6.45, 7) is 3.53. The molecule has 2 aromatic carbocycles. The van der Waals surface area contributed by atoms with Crippen molar-refractivity contribution in [1.82, 2.24) is 15.6 Å². The van der Waals surface area contributed by atoms with Gasteiger partial charge in [0.05, 0.1) is 12.2 Å². The Hall–Kier alpha value is -3.04. The summed E-state index contributed by atoms with van der Waals surface area (Å²) in [7, 11) is -4.65. The van der Waals surface area contributed by atoms with Crippen molar-refractivity contribution in [2.45, 2.75) is 32.9 Å². The van der Waals surface area contributed by atoms with Gasteiger partial charge in [0.25, 0.3) is 0 Å². The van der Waals surface area contributed by atoms with Crippen LogP contribution in [0, 0.1) is 6.92 Å². The lowest BCUT2D eigenvalue weighted by Crippen LogP contribution is -2.47. The van der Waals surface area contributed by atoms with Gasteiger partial charge in [-0.1, -0.05) is 42.5 Å². The Morgan fingerprint density at radius 3 is 2.39 bits per heavy atom. The fraction of sp³-hybridized carbons (Fsp3) is 0.227. The van der Waals surface area contributed by atoms with Crippen molar-refractivity contribution in [2.75, 3.05) is 0 Å². The second kappa shape index (κ2) is 10.7. The Labute approximate surface area is 195 Å². The molecule has 174 valence electrons. The Morgan fingerprint density at radius 1 is 1.12 bits per heavy atom. The molecule has 0 radical (unpaired) electrons. The summed E-state index contributed by atoms with van der Waals surface area (Å²) in [4.78, 5) is 47.9. The first kappa shape index (κ1) is 24.6. The lowest BCUT2D eigenvalue weighted by Gasteiger charge is -2.17. The van der Waals surface area contributed by atoms with Gasteiger partial charge in [0.1, 0.15) is 16.8 Å². The van der Waals surface area contributed by atoms with Crippen molar-refractivity contribution in [1.29, 1.82) is 0 Å². The van der Waals surface area contributed by atoms with Gasteiger partial charge in [0.2, 0.25) is 11.8 Å². The molecule has 2 amide bonds. The number of hydrogen-bond donors (Lipinski definition) is 4.